The highest BCUT2D eigenvalue weighted by Gasteiger charge is 2.54. The van der Waals surface area contributed by atoms with Crippen molar-refractivity contribution in [1.29, 1.82) is 0 Å². The Balaban J connectivity index is 1.71. The highest BCUT2D eigenvalue weighted by atomic mass is 31.2. The molecule has 11 atom stereocenters. The van der Waals surface area contributed by atoms with Crippen molar-refractivity contribution in [1.82, 2.24) is 14.9 Å². The molecule has 0 aromatic carbocycles. The number of hydrogen-bond acceptors (Lipinski definition) is 15. The third-order valence-corrected chi connectivity index (χ3v) is 8.45. The van der Waals surface area contributed by atoms with Crippen LogP contribution in [0.5, 0.6) is 0 Å². The molecule has 12 N–H and O–H groups in total. The molecule has 19 nitrogen and oxygen atoms in total. The molecule has 2 saturated heterocycles. The summed E-state index contributed by atoms with van der Waals surface area (Å²) in [5, 5.41) is 63.5. The van der Waals surface area contributed by atoms with Crippen molar-refractivity contribution in [3.05, 3.63) is 22.7 Å². The van der Waals surface area contributed by atoms with Gasteiger partial charge in [0.1, 0.15) is 48.0 Å². The number of carbonyl (C=O) groups excluding carboxylic acids is 2. The first-order valence-corrected chi connectivity index (χ1v) is 14.5. The van der Waals surface area contributed by atoms with Gasteiger partial charge in [0.05, 0.1) is 31.5 Å². The molecule has 42 heavy (non-hydrogen) atoms. The second kappa shape index (κ2) is 13.4. The molecule has 2 fully saturated rings. The van der Waals surface area contributed by atoms with Gasteiger partial charge in [0.15, 0.2) is 6.23 Å². The van der Waals surface area contributed by atoms with E-state index in [1.807, 2.05) is 0 Å². The largest absolute Gasteiger partial charge is 0.394 e. The Bertz CT molecular complexity index is 1240. The number of nitrogens with zero attached hydrogens (tertiary/aromatic N) is 2. The molecule has 0 bridgehead atoms. The van der Waals surface area contributed by atoms with Gasteiger partial charge in [-0.05, 0) is 12.5 Å². The van der Waals surface area contributed by atoms with E-state index in [0.717, 1.165) is 11.5 Å². The summed E-state index contributed by atoms with van der Waals surface area (Å²) in [4.78, 5) is 50.2. The van der Waals surface area contributed by atoms with Gasteiger partial charge in [-0.1, -0.05) is 0 Å². The molecule has 0 aliphatic carbocycles. The summed E-state index contributed by atoms with van der Waals surface area (Å²) in [7, 11) is -4.64. The van der Waals surface area contributed by atoms with Gasteiger partial charge in [0.25, 0.3) is 0 Å². The number of carbonyl (C=O) groups is 2. The van der Waals surface area contributed by atoms with Crippen molar-refractivity contribution < 1.29 is 63.7 Å². The monoisotopic (exact) mass is 625 g/mol. The van der Waals surface area contributed by atoms with Gasteiger partial charge in [-0.3, -0.25) is 18.7 Å². The molecule has 2 amide bonds. The van der Waals surface area contributed by atoms with Crippen molar-refractivity contribution in [3.63, 3.8) is 0 Å². The van der Waals surface area contributed by atoms with E-state index < -0.39 is 118 Å². The maximum Gasteiger partial charge on any atom is 0.351 e. The predicted octanol–water partition coefficient (Wildman–Crippen LogP) is -5.37. The third-order valence-electron chi connectivity index (χ3n) is 7.11. The normalized spacial score (nSPS) is 34.3. The van der Waals surface area contributed by atoms with E-state index in [2.05, 4.69) is 10.3 Å². The highest BCUT2D eigenvalue weighted by Crippen LogP contribution is 2.47. The first kappa shape index (κ1) is 33.9. The molecule has 1 aromatic heterocycles. The quantitative estimate of drug-likeness (QED) is 0.0969. The van der Waals surface area contributed by atoms with Crippen LogP contribution >= 0.6 is 7.60 Å². The Morgan fingerprint density at radius 2 is 1.98 bits per heavy atom. The zero-order chi connectivity index (χ0) is 31.6. The van der Waals surface area contributed by atoms with Gasteiger partial charge in [0, 0.05) is 19.5 Å². The maximum atomic E-state index is 12.9. The van der Waals surface area contributed by atoms with E-state index in [0.29, 0.717) is 0 Å². The van der Waals surface area contributed by atoms with Crippen molar-refractivity contribution in [2.45, 2.75) is 80.4 Å². The maximum absolute atomic E-state index is 12.9. The average molecular weight is 626 g/mol. The number of nitrogens with one attached hydrogen (secondary N) is 1. The number of hydrogen-bond donors (Lipinski definition) is 10. The number of aliphatic hydroxyl groups excluding tert-OH is 6. The second-order valence-corrected chi connectivity index (χ2v) is 12.2. The predicted molar refractivity (Wildman–Crippen MR) is 138 cm³/mol. The van der Waals surface area contributed by atoms with Crippen molar-refractivity contribution in [2.75, 3.05) is 25.1 Å². The van der Waals surface area contributed by atoms with Crippen LogP contribution in [-0.2, 0) is 28.2 Å². The minimum Gasteiger partial charge on any atom is -0.394 e. The molecule has 3 rings (SSSR count). The summed E-state index contributed by atoms with van der Waals surface area (Å²) in [6, 6.07) is -0.103. The van der Waals surface area contributed by atoms with Gasteiger partial charge in [-0.25, -0.2) is 4.79 Å². The first-order valence-electron chi connectivity index (χ1n) is 12.7. The Hall–Kier alpha value is -2.55. The minimum absolute atomic E-state index is 0.0929. The molecule has 20 heteroatoms. The lowest BCUT2D eigenvalue weighted by Gasteiger charge is -2.47. The van der Waals surface area contributed by atoms with Crippen molar-refractivity contribution in [3.8, 4) is 0 Å². The Kier molecular flexibility index (Phi) is 10.8. The summed E-state index contributed by atoms with van der Waals surface area (Å²) in [5.74, 6) is -1.95. The lowest BCUT2D eigenvalue weighted by Crippen LogP contribution is -2.68. The highest BCUT2D eigenvalue weighted by molar-refractivity contribution is 7.52. The molecule has 2 aliphatic heterocycles. The van der Waals surface area contributed by atoms with Crippen LogP contribution in [0.15, 0.2) is 17.1 Å². The van der Waals surface area contributed by atoms with Crippen LogP contribution in [0.4, 0.5) is 5.82 Å². The molecule has 1 aromatic rings. The van der Waals surface area contributed by atoms with Crippen LogP contribution in [0, 0.1) is 0 Å². The number of amides is 2. The molecule has 0 radical (unpaired) electrons. The summed E-state index contributed by atoms with van der Waals surface area (Å²) < 4.78 is 29.9. The van der Waals surface area contributed by atoms with Crippen LogP contribution in [0.2, 0.25) is 0 Å². The number of aliphatic hydroxyl groups is 6. The lowest BCUT2D eigenvalue weighted by molar-refractivity contribution is -0.219. The van der Waals surface area contributed by atoms with Crippen LogP contribution in [-0.4, -0.2) is 131 Å². The number of nitrogen functional groups attached to an aromatic ring is 1. The van der Waals surface area contributed by atoms with E-state index in [1.54, 1.807) is 0 Å². The molecule has 2 unspecified atom stereocenters. The molecular weight excluding hydrogens is 589 g/mol. The second-order valence-electron chi connectivity index (χ2n) is 10.2. The Labute approximate surface area is 238 Å². The standard InChI is InChI=1S/C22H36N5O14P/c1-9(29)25-14-10(30)6-22(20(24)35,41-18(14)15(32)11(31)7-28)3-5-42(37,38)39-8-12-16(33)17(34)19(40-12)27-4-2-13(23)26-21(27)36/h2,4,10-12,14-19,28,30-34H,3,5-8H2,1H3,(H2,24,35)(H,25,29)(H,37,38)(H2,23,26,36)/t10-,11+,12+,14+,15?,16+,17+,18+,19+,22-/m0/s1. The summed E-state index contributed by atoms with van der Waals surface area (Å²) in [6.07, 6.45) is -14.0. The number of ether oxygens (including phenoxy) is 2. The average Bonchev–Trinajstić information content (AvgIpc) is 3.19. The van der Waals surface area contributed by atoms with Gasteiger partial charge in [-0.15, -0.1) is 0 Å². The Morgan fingerprint density at radius 3 is 2.55 bits per heavy atom. The van der Waals surface area contributed by atoms with E-state index in [9.17, 15) is 54.5 Å². The molecular formula is C22H36N5O14P. The Morgan fingerprint density at radius 1 is 1.31 bits per heavy atom. The third kappa shape index (κ3) is 7.50. The zero-order valence-corrected chi connectivity index (χ0v) is 23.3. The summed E-state index contributed by atoms with van der Waals surface area (Å²) >= 11 is 0. The first-order chi connectivity index (χ1) is 19.5. The van der Waals surface area contributed by atoms with Crippen LogP contribution in [0.1, 0.15) is 26.0 Å². The summed E-state index contributed by atoms with van der Waals surface area (Å²) in [6.45, 7) is -0.590. The van der Waals surface area contributed by atoms with Gasteiger partial charge >= 0.3 is 13.3 Å². The lowest BCUT2D eigenvalue weighted by atomic mass is 9.81. The number of aromatic nitrogens is 2. The zero-order valence-electron chi connectivity index (χ0n) is 22.4. The van der Waals surface area contributed by atoms with Gasteiger partial charge in [0.2, 0.25) is 11.8 Å². The van der Waals surface area contributed by atoms with E-state index >= 15 is 0 Å². The number of nitrogens with two attached hydrogens (primary N) is 2. The molecule has 238 valence electrons. The fourth-order valence-electron chi connectivity index (χ4n) is 4.82. The van der Waals surface area contributed by atoms with Gasteiger partial charge in [-0.2, -0.15) is 4.98 Å². The van der Waals surface area contributed by atoms with Gasteiger partial charge < -0.3 is 66.3 Å². The topological polar surface area (TPSA) is 319 Å². The van der Waals surface area contributed by atoms with Crippen LogP contribution in [0.3, 0.4) is 0 Å². The van der Waals surface area contributed by atoms with Crippen molar-refractivity contribution in [2.24, 2.45) is 5.73 Å². The summed E-state index contributed by atoms with van der Waals surface area (Å²) in [5.41, 5.74) is 7.88. The molecule has 3 heterocycles. The van der Waals surface area contributed by atoms with Crippen molar-refractivity contribution >= 4 is 25.2 Å². The van der Waals surface area contributed by atoms with Crippen LogP contribution in [0.25, 0.3) is 0 Å². The van der Waals surface area contributed by atoms with E-state index in [-0.39, 0.29) is 5.82 Å². The number of rotatable bonds is 12. The molecule has 0 spiro atoms. The fourth-order valence-corrected chi connectivity index (χ4v) is 5.98. The van der Waals surface area contributed by atoms with E-state index in [1.165, 1.54) is 12.3 Å². The smallest absolute Gasteiger partial charge is 0.351 e. The fraction of sp³-hybridized carbons (Fsp3) is 0.727. The minimum atomic E-state index is -4.64. The molecule has 0 saturated carbocycles. The van der Waals surface area contributed by atoms with E-state index in [4.69, 9.17) is 25.5 Å². The van der Waals surface area contributed by atoms with Crippen LogP contribution < -0.4 is 22.5 Å². The molecule has 2 aliphatic rings. The number of primary amides is 1. The number of anilines is 1. The SMILES string of the molecule is CC(=O)N[C@@H]1[C@@H](O)C[C@@](CCP(=O)(O)OC[C@H]2O[C@@H](n3ccc(N)nc3=O)[C@H](O)[C@@H]2O)(C(N)=O)O[C@H]1C(O)[C@H](O)CO.